The maximum Gasteiger partial charge on any atom is 0.263 e. The van der Waals surface area contributed by atoms with Crippen LogP contribution in [0.4, 0.5) is 0 Å². The first-order valence-corrected chi connectivity index (χ1v) is 7.60. The summed E-state index contributed by atoms with van der Waals surface area (Å²) in [6.07, 6.45) is 0.0766. The molecule has 0 bridgehead atoms. The number of carbonyl (C=O) groups is 2. The SMILES string of the molecule is Cc1cccc(CNC(=O)c2sc(CC(=O)NN)nc2C)c1. The predicted molar refractivity (Wildman–Crippen MR) is 85.2 cm³/mol. The molecule has 116 valence electrons. The average molecular weight is 318 g/mol. The zero-order valence-electron chi connectivity index (χ0n) is 12.5. The molecule has 0 saturated carbocycles. The Bertz CT molecular complexity index is 697. The summed E-state index contributed by atoms with van der Waals surface area (Å²) in [5.74, 6) is 4.53. The van der Waals surface area contributed by atoms with E-state index in [4.69, 9.17) is 5.84 Å². The second kappa shape index (κ2) is 7.15. The van der Waals surface area contributed by atoms with Gasteiger partial charge in [0.05, 0.1) is 12.1 Å². The Morgan fingerprint density at radius 2 is 2.09 bits per heavy atom. The monoisotopic (exact) mass is 318 g/mol. The van der Waals surface area contributed by atoms with Crippen LogP contribution < -0.4 is 16.6 Å². The summed E-state index contributed by atoms with van der Waals surface area (Å²) in [6, 6.07) is 7.95. The van der Waals surface area contributed by atoms with Crippen LogP contribution in [0.5, 0.6) is 0 Å². The summed E-state index contributed by atoms with van der Waals surface area (Å²) in [4.78, 5) is 28.2. The number of hydrogen-bond donors (Lipinski definition) is 3. The number of rotatable bonds is 5. The molecule has 2 amide bonds. The first-order chi connectivity index (χ1) is 10.5. The van der Waals surface area contributed by atoms with Gasteiger partial charge in [-0.3, -0.25) is 15.0 Å². The molecule has 6 nitrogen and oxygen atoms in total. The molecule has 1 heterocycles. The quantitative estimate of drug-likeness (QED) is 0.439. The molecule has 0 fully saturated rings. The lowest BCUT2D eigenvalue weighted by Gasteiger charge is -2.05. The third-order valence-corrected chi connectivity index (χ3v) is 4.21. The van der Waals surface area contributed by atoms with Gasteiger partial charge in [-0.25, -0.2) is 10.8 Å². The van der Waals surface area contributed by atoms with Gasteiger partial charge in [0.15, 0.2) is 0 Å². The number of thiazole rings is 1. The third-order valence-electron chi connectivity index (χ3n) is 3.06. The maximum atomic E-state index is 12.2. The number of carbonyl (C=O) groups excluding carboxylic acids is 2. The first-order valence-electron chi connectivity index (χ1n) is 6.79. The molecule has 1 aromatic heterocycles. The largest absolute Gasteiger partial charge is 0.347 e. The summed E-state index contributed by atoms with van der Waals surface area (Å²) in [5, 5.41) is 3.44. The lowest BCUT2D eigenvalue weighted by molar-refractivity contribution is -0.120. The molecule has 4 N–H and O–H groups in total. The number of nitrogens with one attached hydrogen (secondary N) is 2. The van der Waals surface area contributed by atoms with E-state index in [1.54, 1.807) is 6.92 Å². The summed E-state index contributed by atoms with van der Waals surface area (Å²) in [6.45, 7) is 4.21. The fourth-order valence-corrected chi connectivity index (χ4v) is 2.99. The van der Waals surface area contributed by atoms with E-state index in [0.29, 0.717) is 22.1 Å². The molecule has 0 spiro atoms. The molecule has 1 aromatic carbocycles. The molecular formula is C15H18N4O2S. The van der Waals surface area contributed by atoms with Crippen molar-refractivity contribution in [3.05, 3.63) is 51.0 Å². The van der Waals surface area contributed by atoms with E-state index in [1.807, 2.05) is 31.2 Å². The van der Waals surface area contributed by atoms with Crippen LogP contribution >= 0.6 is 11.3 Å². The van der Waals surface area contributed by atoms with Gasteiger partial charge >= 0.3 is 0 Å². The normalized spacial score (nSPS) is 10.3. The van der Waals surface area contributed by atoms with Crippen LogP contribution in [-0.4, -0.2) is 16.8 Å². The zero-order chi connectivity index (χ0) is 16.1. The van der Waals surface area contributed by atoms with E-state index >= 15 is 0 Å². The van der Waals surface area contributed by atoms with E-state index < -0.39 is 0 Å². The number of nitrogens with two attached hydrogens (primary N) is 1. The standard InChI is InChI=1S/C15H18N4O2S/c1-9-4-3-5-11(6-9)8-17-15(21)14-10(2)18-13(22-14)7-12(20)19-16/h3-6H,7-8,16H2,1-2H3,(H,17,21)(H,19,20). The fraction of sp³-hybridized carbons (Fsp3) is 0.267. The number of aryl methyl sites for hydroxylation is 2. The van der Waals surface area contributed by atoms with Gasteiger partial charge in [0, 0.05) is 6.54 Å². The highest BCUT2D eigenvalue weighted by Gasteiger charge is 2.16. The molecule has 22 heavy (non-hydrogen) atoms. The van der Waals surface area contributed by atoms with Crippen molar-refractivity contribution in [1.82, 2.24) is 15.7 Å². The van der Waals surface area contributed by atoms with Gasteiger partial charge in [-0.05, 0) is 19.4 Å². The van der Waals surface area contributed by atoms with Crippen molar-refractivity contribution in [2.45, 2.75) is 26.8 Å². The van der Waals surface area contributed by atoms with Gasteiger partial charge < -0.3 is 5.32 Å². The van der Waals surface area contributed by atoms with E-state index in [0.717, 1.165) is 11.1 Å². The third kappa shape index (κ3) is 4.12. The number of hydrazine groups is 1. The van der Waals surface area contributed by atoms with Crippen LogP contribution in [0.15, 0.2) is 24.3 Å². The highest BCUT2D eigenvalue weighted by molar-refractivity contribution is 7.13. The molecule has 0 saturated heterocycles. The molecule has 2 rings (SSSR count). The van der Waals surface area contributed by atoms with Crippen molar-refractivity contribution in [3.63, 3.8) is 0 Å². The molecule has 0 radical (unpaired) electrons. The van der Waals surface area contributed by atoms with Crippen molar-refractivity contribution < 1.29 is 9.59 Å². The van der Waals surface area contributed by atoms with E-state index in [-0.39, 0.29) is 18.2 Å². The van der Waals surface area contributed by atoms with Gasteiger partial charge in [-0.2, -0.15) is 0 Å². The molecule has 7 heteroatoms. The van der Waals surface area contributed by atoms with Gasteiger partial charge in [0.25, 0.3) is 5.91 Å². The minimum Gasteiger partial charge on any atom is -0.347 e. The Balaban J connectivity index is 2.02. The minimum atomic E-state index is -0.333. The van der Waals surface area contributed by atoms with E-state index in [1.165, 1.54) is 11.3 Å². The number of benzene rings is 1. The van der Waals surface area contributed by atoms with Crippen molar-refractivity contribution in [1.29, 1.82) is 0 Å². The van der Waals surface area contributed by atoms with Crippen molar-refractivity contribution in [2.24, 2.45) is 5.84 Å². The van der Waals surface area contributed by atoms with Crippen LogP contribution in [0, 0.1) is 13.8 Å². The van der Waals surface area contributed by atoms with Crippen molar-refractivity contribution >= 4 is 23.2 Å². The van der Waals surface area contributed by atoms with Crippen molar-refractivity contribution in [3.8, 4) is 0 Å². The molecule has 2 aromatic rings. The second-order valence-corrected chi connectivity index (χ2v) is 6.02. The zero-order valence-corrected chi connectivity index (χ0v) is 13.3. The second-order valence-electron chi connectivity index (χ2n) is 4.94. The van der Waals surface area contributed by atoms with Crippen LogP contribution in [0.25, 0.3) is 0 Å². The lowest BCUT2D eigenvalue weighted by Crippen LogP contribution is -2.31. The smallest absolute Gasteiger partial charge is 0.263 e. The Labute approximate surface area is 132 Å². The lowest BCUT2D eigenvalue weighted by atomic mass is 10.1. The molecule has 0 atom stereocenters. The molecule has 0 aliphatic heterocycles. The summed E-state index contributed by atoms with van der Waals surface area (Å²) in [7, 11) is 0. The van der Waals surface area contributed by atoms with Crippen LogP contribution in [0.1, 0.15) is 31.5 Å². The number of amides is 2. The summed E-state index contributed by atoms with van der Waals surface area (Å²) < 4.78 is 0. The summed E-state index contributed by atoms with van der Waals surface area (Å²) >= 11 is 1.21. The van der Waals surface area contributed by atoms with Gasteiger partial charge in [-0.15, -0.1) is 11.3 Å². The highest BCUT2D eigenvalue weighted by atomic mass is 32.1. The minimum absolute atomic E-state index is 0.0766. The predicted octanol–water partition coefficient (Wildman–Crippen LogP) is 1.22. The molecule has 0 aliphatic rings. The topological polar surface area (TPSA) is 97.1 Å². The van der Waals surface area contributed by atoms with Crippen LogP contribution in [-0.2, 0) is 17.8 Å². The Morgan fingerprint density at radius 1 is 1.32 bits per heavy atom. The highest BCUT2D eigenvalue weighted by Crippen LogP contribution is 2.18. The maximum absolute atomic E-state index is 12.2. The van der Waals surface area contributed by atoms with E-state index in [9.17, 15) is 9.59 Å². The molecule has 0 unspecified atom stereocenters. The number of hydrogen-bond acceptors (Lipinski definition) is 5. The summed E-state index contributed by atoms with van der Waals surface area (Å²) in [5.41, 5.74) is 4.86. The Morgan fingerprint density at radius 3 is 2.77 bits per heavy atom. The molecule has 0 aliphatic carbocycles. The van der Waals surface area contributed by atoms with Crippen LogP contribution in [0.2, 0.25) is 0 Å². The number of aromatic nitrogens is 1. The Kier molecular flexibility index (Phi) is 5.24. The average Bonchev–Trinajstić information content (AvgIpc) is 2.85. The fourth-order valence-electron chi connectivity index (χ4n) is 2.01. The first kappa shape index (κ1) is 16.1. The van der Waals surface area contributed by atoms with Crippen molar-refractivity contribution in [2.75, 3.05) is 0 Å². The molecular weight excluding hydrogens is 300 g/mol. The Hall–Kier alpha value is -2.25. The van der Waals surface area contributed by atoms with Gasteiger partial charge in [0.1, 0.15) is 9.88 Å². The van der Waals surface area contributed by atoms with Crippen LogP contribution in [0.3, 0.4) is 0 Å². The van der Waals surface area contributed by atoms with Gasteiger partial charge in [0.2, 0.25) is 5.91 Å². The van der Waals surface area contributed by atoms with Gasteiger partial charge in [-0.1, -0.05) is 29.8 Å². The number of nitrogens with zero attached hydrogens (tertiary/aromatic N) is 1. The van der Waals surface area contributed by atoms with E-state index in [2.05, 4.69) is 15.7 Å².